The molecule has 2 fully saturated rings. The first-order valence-corrected chi connectivity index (χ1v) is 8.27. The lowest BCUT2D eigenvalue weighted by molar-refractivity contribution is -0.175. The zero-order valence-electron chi connectivity index (χ0n) is 14.8. The fourth-order valence-electron chi connectivity index (χ4n) is 3.44. The summed E-state index contributed by atoms with van der Waals surface area (Å²) in [5, 5.41) is 0. The molecule has 1 aliphatic heterocycles. The van der Waals surface area contributed by atoms with E-state index in [1.807, 2.05) is 0 Å². The van der Waals surface area contributed by atoms with Crippen LogP contribution in [0.5, 0.6) is 0 Å². The summed E-state index contributed by atoms with van der Waals surface area (Å²) in [6, 6.07) is 0. The van der Waals surface area contributed by atoms with Crippen molar-refractivity contribution in [2.75, 3.05) is 6.61 Å². The van der Waals surface area contributed by atoms with Gasteiger partial charge in [0.15, 0.2) is 0 Å². The van der Waals surface area contributed by atoms with E-state index in [0.717, 1.165) is 25.9 Å². The highest BCUT2D eigenvalue weighted by molar-refractivity contribution is 5.77. The highest BCUT2D eigenvalue weighted by Crippen LogP contribution is 2.49. The van der Waals surface area contributed by atoms with Crippen LogP contribution in [0.2, 0.25) is 0 Å². The molecule has 1 saturated heterocycles. The van der Waals surface area contributed by atoms with Crippen molar-refractivity contribution in [3.63, 3.8) is 0 Å². The lowest BCUT2D eigenvalue weighted by atomic mass is 9.61. The van der Waals surface area contributed by atoms with Crippen LogP contribution in [-0.2, 0) is 14.3 Å². The van der Waals surface area contributed by atoms with Crippen LogP contribution in [0.1, 0.15) is 67.7 Å². The molecule has 3 nitrogen and oxygen atoms in total. The SMILES string of the molecule is CC(C)(C)CC(C)(C(=O)OC1CCOC2CC21)C(C)(C)C. The Morgan fingerprint density at radius 3 is 2.29 bits per heavy atom. The average Bonchev–Trinajstić information content (AvgIpc) is 3.05. The third-order valence-electron chi connectivity index (χ3n) is 5.24. The van der Waals surface area contributed by atoms with Crippen molar-refractivity contribution >= 4 is 5.97 Å². The molecule has 0 aromatic heterocycles. The molecule has 0 aromatic carbocycles. The van der Waals surface area contributed by atoms with Crippen LogP contribution < -0.4 is 0 Å². The maximum atomic E-state index is 13.0. The van der Waals surface area contributed by atoms with Gasteiger partial charge in [-0.05, 0) is 30.6 Å². The Balaban J connectivity index is 2.11. The standard InChI is InChI=1S/C18H32O3/c1-16(2,3)11-18(7,17(4,5)6)15(19)21-13-8-9-20-14-10-12(13)14/h12-14H,8-11H2,1-7H3. The number of ether oxygens (including phenoxy) is 2. The highest BCUT2D eigenvalue weighted by Gasteiger charge is 2.52. The number of hydrogen-bond donors (Lipinski definition) is 0. The normalized spacial score (nSPS) is 32.0. The molecule has 0 spiro atoms. The Kier molecular flexibility index (Phi) is 4.20. The van der Waals surface area contributed by atoms with Gasteiger partial charge in [0.1, 0.15) is 6.10 Å². The fraction of sp³-hybridized carbons (Fsp3) is 0.944. The minimum Gasteiger partial charge on any atom is -0.461 e. The van der Waals surface area contributed by atoms with Crippen LogP contribution in [0.25, 0.3) is 0 Å². The van der Waals surface area contributed by atoms with Gasteiger partial charge >= 0.3 is 5.97 Å². The molecule has 0 N–H and O–H groups in total. The van der Waals surface area contributed by atoms with Crippen LogP contribution in [0, 0.1) is 22.2 Å². The first-order chi connectivity index (χ1) is 9.44. The summed E-state index contributed by atoms with van der Waals surface area (Å²) in [6.07, 6.45) is 3.16. The minimum absolute atomic E-state index is 0.0255. The summed E-state index contributed by atoms with van der Waals surface area (Å²) < 4.78 is 11.6. The Morgan fingerprint density at radius 2 is 1.76 bits per heavy atom. The van der Waals surface area contributed by atoms with Gasteiger partial charge in [0.2, 0.25) is 0 Å². The van der Waals surface area contributed by atoms with Gasteiger partial charge in [-0.1, -0.05) is 41.5 Å². The monoisotopic (exact) mass is 296 g/mol. The minimum atomic E-state index is -0.464. The van der Waals surface area contributed by atoms with Crippen molar-refractivity contribution in [1.82, 2.24) is 0 Å². The molecule has 2 rings (SSSR count). The van der Waals surface area contributed by atoms with Crippen molar-refractivity contribution < 1.29 is 14.3 Å². The van der Waals surface area contributed by atoms with E-state index >= 15 is 0 Å². The summed E-state index contributed by atoms with van der Waals surface area (Å²) in [5.41, 5.74) is -0.488. The van der Waals surface area contributed by atoms with Gasteiger partial charge in [-0.15, -0.1) is 0 Å². The lowest BCUT2D eigenvalue weighted by Crippen LogP contribution is -2.46. The second-order valence-corrected chi connectivity index (χ2v) is 9.36. The number of carbonyl (C=O) groups excluding carboxylic acids is 1. The van der Waals surface area contributed by atoms with Crippen LogP contribution in [0.3, 0.4) is 0 Å². The van der Waals surface area contributed by atoms with Crippen molar-refractivity contribution in [2.45, 2.75) is 79.9 Å². The molecule has 4 atom stereocenters. The van der Waals surface area contributed by atoms with Gasteiger partial charge in [-0.25, -0.2) is 0 Å². The summed E-state index contributed by atoms with van der Waals surface area (Å²) in [4.78, 5) is 13.0. The number of fused-ring (bicyclic) bond motifs is 1. The molecule has 21 heavy (non-hydrogen) atoms. The highest BCUT2D eigenvalue weighted by atomic mass is 16.6. The molecular formula is C18H32O3. The van der Waals surface area contributed by atoms with Gasteiger partial charge in [0, 0.05) is 12.3 Å². The van der Waals surface area contributed by atoms with Crippen LogP contribution in [0.15, 0.2) is 0 Å². The average molecular weight is 296 g/mol. The number of rotatable bonds is 3. The van der Waals surface area contributed by atoms with E-state index in [0.29, 0.717) is 12.0 Å². The summed E-state index contributed by atoms with van der Waals surface area (Å²) in [6.45, 7) is 15.8. The van der Waals surface area contributed by atoms with Gasteiger partial charge in [0.25, 0.3) is 0 Å². The zero-order valence-corrected chi connectivity index (χ0v) is 14.8. The van der Waals surface area contributed by atoms with E-state index in [4.69, 9.17) is 9.47 Å². The molecule has 0 aromatic rings. The van der Waals surface area contributed by atoms with Gasteiger partial charge in [-0.2, -0.15) is 0 Å². The molecule has 0 bridgehead atoms. The largest absolute Gasteiger partial charge is 0.461 e. The summed E-state index contributed by atoms with van der Waals surface area (Å²) in [7, 11) is 0. The van der Waals surface area contributed by atoms with Crippen molar-refractivity contribution in [2.24, 2.45) is 22.2 Å². The van der Waals surface area contributed by atoms with Gasteiger partial charge < -0.3 is 9.47 Å². The molecule has 4 unspecified atom stereocenters. The molecule has 122 valence electrons. The first-order valence-electron chi connectivity index (χ1n) is 8.27. The lowest BCUT2D eigenvalue weighted by Gasteiger charge is -2.44. The van der Waals surface area contributed by atoms with Crippen molar-refractivity contribution in [3.05, 3.63) is 0 Å². The van der Waals surface area contributed by atoms with Crippen molar-refractivity contribution in [1.29, 1.82) is 0 Å². The van der Waals surface area contributed by atoms with E-state index in [9.17, 15) is 4.79 Å². The predicted octanol–water partition coefficient (Wildman–Crippen LogP) is 4.20. The summed E-state index contributed by atoms with van der Waals surface area (Å²) in [5.74, 6) is 0.420. The number of esters is 1. The topological polar surface area (TPSA) is 35.5 Å². The molecule has 3 heteroatoms. The smallest absolute Gasteiger partial charge is 0.312 e. The second kappa shape index (κ2) is 5.26. The predicted molar refractivity (Wildman–Crippen MR) is 84.0 cm³/mol. The van der Waals surface area contributed by atoms with Crippen LogP contribution >= 0.6 is 0 Å². The molecule has 1 heterocycles. The third kappa shape index (κ3) is 3.61. The quantitative estimate of drug-likeness (QED) is 0.732. The Morgan fingerprint density at radius 1 is 1.14 bits per heavy atom. The Labute approximate surface area is 129 Å². The van der Waals surface area contributed by atoms with E-state index < -0.39 is 5.41 Å². The van der Waals surface area contributed by atoms with Crippen molar-refractivity contribution in [3.8, 4) is 0 Å². The van der Waals surface area contributed by atoms with Crippen LogP contribution in [-0.4, -0.2) is 24.8 Å². The maximum absolute atomic E-state index is 13.0. The Hall–Kier alpha value is -0.570. The van der Waals surface area contributed by atoms with Gasteiger partial charge in [-0.3, -0.25) is 4.79 Å². The molecule has 0 amide bonds. The van der Waals surface area contributed by atoms with E-state index in [2.05, 4.69) is 48.5 Å². The van der Waals surface area contributed by atoms with E-state index in [-0.39, 0.29) is 22.9 Å². The maximum Gasteiger partial charge on any atom is 0.312 e. The van der Waals surface area contributed by atoms with Crippen LogP contribution in [0.4, 0.5) is 0 Å². The number of carbonyl (C=O) groups is 1. The second-order valence-electron chi connectivity index (χ2n) is 9.36. The molecule has 1 saturated carbocycles. The van der Waals surface area contributed by atoms with E-state index in [1.54, 1.807) is 0 Å². The molecule has 0 radical (unpaired) electrons. The Bertz CT molecular complexity index is 402. The third-order valence-corrected chi connectivity index (χ3v) is 5.24. The zero-order chi connectivity index (χ0) is 16.1. The summed E-state index contributed by atoms with van der Waals surface area (Å²) >= 11 is 0. The molecule has 2 aliphatic rings. The fourth-order valence-corrected chi connectivity index (χ4v) is 3.44. The molecular weight excluding hydrogens is 264 g/mol. The van der Waals surface area contributed by atoms with E-state index in [1.165, 1.54) is 0 Å². The molecule has 1 aliphatic carbocycles. The number of hydrogen-bond acceptors (Lipinski definition) is 3. The van der Waals surface area contributed by atoms with Gasteiger partial charge in [0.05, 0.1) is 18.1 Å². The first kappa shape index (κ1) is 16.8.